The molecule has 0 unspecified atom stereocenters. The number of hydrogen-bond donors (Lipinski definition) is 0. The second-order valence-corrected chi connectivity index (χ2v) is 6.15. The summed E-state index contributed by atoms with van der Waals surface area (Å²) in [6, 6.07) is 7.26. The van der Waals surface area contributed by atoms with Gasteiger partial charge >= 0.3 is 0 Å². The summed E-state index contributed by atoms with van der Waals surface area (Å²) < 4.78 is 0. The molecule has 0 heterocycles. The first-order chi connectivity index (χ1) is 6.71. The fourth-order valence-electron chi connectivity index (χ4n) is 2.34. The van der Waals surface area contributed by atoms with Gasteiger partial charge in [-0.2, -0.15) is 0 Å². The Bertz CT molecular complexity index is 331. The third-order valence-corrected chi connectivity index (χ3v) is 2.59. The maximum Gasteiger partial charge on any atom is 0.178 e. The molecule has 0 saturated carbocycles. The van der Waals surface area contributed by atoms with E-state index in [1.807, 2.05) is 12.1 Å². The van der Waals surface area contributed by atoms with E-state index in [1.165, 1.54) is 0 Å². The summed E-state index contributed by atoms with van der Waals surface area (Å²) in [6.07, 6.45) is 1.07. The van der Waals surface area contributed by atoms with Crippen LogP contribution in [-0.4, -0.2) is 0 Å². The van der Waals surface area contributed by atoms with Gasteiger partial charge in [0.1, 0.15) is 0 Å². The molecular formula is C14H21O. The molecule has 1 nitrogen and oxygen atoms in total. The second-order valence-electron chi connectivity index (χ2n) is 6.15. The lowest BCUT2D eigenvalue weighted by atomic mass is 9.72. The zero-order valence-electron chi connectivity index (χ0n) is 10.4. The summed E-state index contributed by atoms with van der Waals surface area (Å²) in [7, 11) is 0. The fraction of sp³-hybridized carbons (Fsp3) is 0.571. The first-order valence-corrected chi connectivity index (χ1v) is 5.48. The van der Waals surface area contributed by atoms with Crippen LogP contribution in [0.1, 0.15) is 46.6 Å². The van der Waals surface area contributed by atoms with Gasteiger partial charge in [0.15, 0.2) is 5.75 Å². The van der Waals surface area contributed by atoms with Gasteiger partial charge in [-0.3, -0.25) is 5.11 Å². The summed E-state index contributed by atoms with van der Waals surface area (Å²) in [6.45, 7) is 11.1. The van der Waals surface area contributed by atoms with Gasteiger partial charge in [0.25, 0.3) is 0 Å². The molecule has 0 aliphatic rings. The highest BCUT2D eigenvalue weighted by atomic mass is 16.3. The average molecular weight is 205 g/mol. The van der Waals surface area contributed by atoms with E-state index in [9.17, 15) is 5.11 Å². The highest BCUT2D eigenvalue weighted by Gasteiger charge is 2.27. The predicted molar refractivity (Wildman–Crippen MR) is 63.7 cm³/mol. The molecule has 0 aliphatic carbocycles. The molecule has 0 N–H and O–H groups in total. The van der Waals surface area contributed by atoms with E-state index in [4.69, 9.17) is 0 Å². The van der Waals surface area contributed by atoms with Gasteiger partial charge in [-0.1, -0.05) is 46.8 Å². The minimum atomic E-state index is 0.0681. The standard InChI is InChI=1S/C14H21O/c1-13(2,3)10-14(4,5)11-7-6-8-12(15)9-11/h6-9H,10H2,1-5H3. The molecule has 0 fully saturated rings. The molecule has 0 aliphatic heterocycles. The van der Waals surface area contributed by atoms with Gasteiger partial charge < -0.3 is 0 Å². The summed E-state index contributed by atoms with van der Waals surface area (Å²) in [5, 5.41) is 11.3. The van der Waals surface area contributed by atoms with Gasteiger partial charge in [0.05, 0.1) is 0 Å². The van der Waals surface area contributed by atoms with E-state index in [2.05, 4.69) is 34.6 Å². The van der Waals surface area contributed by atoms with E-state index in [1.54, 1.807) is 12.1 Å². The summed E-state index contributed by atoms with van der Waals surface area (Å²) in [4.78, 5) is 0. The minimum absolute atomic E-state index is 0.0681. The predicted octanol–water partition coefficient (Wildman–Crippen LogP) is 4.54. The molecule has 0 saturated heterocycles. The van der Waals surface area contributed by atoms with Crippen LogP contribution in [0.25, 0.3) is 0 Å². The zero-order chi connectivity index (χ0) is 11.7. The van der Waals surface area contributed by atoms with Crippen molar-refractivity contribution in [2.75, 3.05) is 0 Å². The molecule has 1 heteroatoms. The van der Waals surface area contributed by atoms with E-state index in [-0.39, 0.29) is 16.6 Å². The molecule has 0 bridgehead atoms. The molecule has 1 rings (SSSR count). The molecule has 1 aromatic rings. The van der Waals surface area contributed by atoms with Crippen LogP contribution in [0.15, 0.2) is 24.3 Å². The first kappa shape index (κ1) is 12.1. The van der Waals surface area contributed by atoms with E-state index in [0.29, 0.717) is 0 Å². The van der Waals surface area contributed by atoms with Crippen LogP contribution < -0.4 is 0 Å². The van der Waals surface area contributed by atoms with Gasteiger partial charge in [0.2, 0.25) is 0 Å². The Kier molecular flexibility index (Phi) is 3.13. The topological polar surface area (TPSA) is 19.9 Å². The van der Waals surface area contributed by atoms with Crippen molar-refractivity contribution in [3.63, 3.8) is 0 Å². The van der Waals surface area contributed by atoms with Crippen LogP contribution in [0.4, 0.5) is 0 Å². The van der Waals surface area contributed by atoms with Crippen molar-refractivity contribution >= 4 is 0 Å². The van der Waals surface area contributed by atoms with Crippen LogP contribution >= 0.6 is 0 Å². The fourth-order valence-corrected chi connectivity index (χ4v) is 2.34. The first-order valence-electron chi connectivity index (χ1n) is 5.48. The quantitative estimate of drug-likeness (QED) is 0.675. The lowest BCUT2D eigenvalue weighted by Gasteiger charge is -2.32. The van der Waals surface area contributed by atoms with Gasteiger partial charge in [-0.05, 0) is 34.9 Å². The molecule has 0 amide bonds. The van der Waals surface area contributed by atoms with Crippen molar-refractivity contribution in [2.24, 2.45) is 5.41 Å². The number of hydrogen-bond acceptors (Lipinski definition) is 0. The number of benzene rings is 1. The van der Waals surface area contributed by atoms with Crippen LogP contribution in [0.5, 0.6) is 5.75 Å². The van der Waals surface area contributed by atoms with E-state index < -0.39 is 0 Å². The van der Waals surface area contributed by atoms with Crippen LogP contribution in [-0.2, 0) is 10.5 Å². The van der Waals surface area contributed by atoms with Gasteiger partial charge in [0, 0.05) is 0 Å². The SMILES string of the molecule is CC(C)(C)CC(C)(C)c1cccc([O])c1. The minimum Gasteiger partial charge on any atom is -0.290 e. The smallest absolute Gasteiger partial charge is 0.178 e. The lowest BCUT2D eigenvalue weighted by Crippen LogP contribution is -2.24. The van der Waals surface area contributed by atoms with Crippen LogP contribution in [0.2, 0.25) is 0 Å². The van der Waals surface area contributed by atoms with E-state index in [0.717, 1.165) is 12.0 Å². The normalized spacial score (nSPS) is 12.9. The molecule has 83 valence electrons. The molecule has 0 atom stereocenters. The average Bonchev–Trinajstić information content (AvgIpc) is 1.99. The molecule has 0 aromatic heterocycles. The summed E-state index contributed by atoms with van der Waals surface area (Å²) in [5.41, 5.74) is 1.49. The van der Waals surface area contributed by atoms with Gasteiger partial charge in [-0.15, -0.1) is 0 Å². The van der Waals surface area contributed by atoms with Crippen molar-refractivity contribution < 1.29 is 5.11 Å². The largest absolute Gasteiger partial charge is 0.290 e. The second kappa shape index (κ2) is 3.88. The monoisotopic (exact) mass is 205 g/mol. The van der Waals surface area contributed by atoms with E-state index >= 15 is 0 Å². The molecular weight excluding hydrogens is 184 g/mol. The maximum absolute atomic E-state index is 11.3. The lowest BCUT2D eigenvalue weighted by molar-refractivity contribution is 0.282. The Morgan fingerprint density at radius 3 is 2.13 bits per heavy atom. The Labute approximate surface area is 93.1 Å². The van der Waals surface area contributed by atoms with Crippen molar-refractivity contribution in [2.45, 2.75) is 46.5 Å². The van der Waals surface area contributed by atoms with Gasteiger partial charge in [-0.25, -0.2) is 0 Å². The Balaban J connectivity index is 2.95. The summed E-state index contributed by atoms with van der Waals surface area (Å²) >= 11 is 0. The molecule has 15 heavy (non-hydrogen) atoms. The molecule has 1 radical (unpaired) electrons. The van der Waals surface area contributed by atoms with Crippen molar-refractivity contribution in [1.82, 2.24) is 0 Å². The van der Waals surface area contributed by atoms with Crippen LogP contribution in [0, 0.1) is 5.41 Å². The van der Waals surface area contributed by atoms with Crippen molar-refractivity contribution in [1.29, 1.82) is 0 Å². The Morgan fingerprint density at radius 1 is 1.07 bits per heavy atom. The molecule has 1 aromatic carbocycles. The van der Waals surface area contributed by atoms with Crippen LogP contribution in [0.3, 0.4) is 0 Å². The Morgan fingerprint density at radius 2 is 1.67 bits per heavy atom. The summed E-state index contributed by atoms with van der Waals surface area (Å²) in [5.74, 6) is 0.106. The Hall–Kier alpha value is -0.980. The zero-order valence-corrected chi connectivity index (χ0v) is 10.4. The number of rotatable bonds is 2. The third kappa shape index (κ3) is 3.58. The van der Waals surface area contributed by atoms with Crippen molar-refractivity contribution in [3.05, 3.63) is 29.8 Å². The third-order valence-electron chi connectivity index (χ3n) is 2.59. The highest BCUT2D eigenvalue weighted by Crippen LogP contribution is 2.36. The van der Waals surface area contributed by atoms with Crippen molar-refractivity contribution in [3.8, 4) is 5.75 Å². The highest BCUT2D eigenvalue weighted by molar-refractivity contribution is 5.32. The molecule has 0 spiro atoms. The maximum atomic E-state index is 11.3.